The molecule has 14 heavy (non-hydrogen) atoms. The highest BCUT2D eigenvalue weighted by Gasteiger charge is 2.08. The van der Waals surface area contributed by atoms with Crippen LogP contribution in [0.1, 0.15) is 0 Å². The quantitative estimate of drug-likeness (QED) is 0.834. The molecule has 0 atom stereocenters. The van der Waals surface area contributed by atoms with Gasteiger partial charge in [0.1, 0.15) is 5.00 Å². The van der Waals surface area contributed by atoms with E-state index in [0.717, 1.165) is 15.9 Å². The Morgan fingerprint density at radius 1 is 1.43 bits per heavy atom. The van der Waals surface area contributed by atoms with Gasteiger partial charge in [0, 0.05) is 19.0 Å². The van der Waals surface area contributed by atoms with Crippen LogP contribution in [0, 0.1) is 0 Å². The topological polar surface area (TPSA) is 36.4 Å². The minimum atomic E-state index is 0.169. The Bertz CT molecular complexity index is 427. The summed E-state index contributed by atoms with van der Waals surface area (Å²) >= 11 is 1.48. The van der Waals surface area contributed by atoms with Crippen LogP contribution in [0.4, 0.5) is 5.00 Å². The van der Waals surface area contributed by atoms with Crippen LogP contribution >= 0.6 is 11.5 Å². The second kappa shape index (κ2) is 3.94. The second-order valence-corrected chi connectivity index (χ2v) is 3.90. The molecule has 1 aromatic carbocycles. The van der Waals surface area contributed by atoms with Crippen LogP contribution in [0.25, 0.3) is 10.9 Å². The number of aliphatic hydroxyl groups is 1. The summed E-state index contributed by atoms with van der Waals surface area (Å²) in [6, 6.07) is 8.05. The van der Waals surface area contributed by atoms with Crippen molar-refractivity contribution in [3.63, 3.8) is 0 Å². The van der Waals surface area contributed by atoms with Gasteiger partial charge in [-0.2, -0.15) is 4.37 Å². The third-order valence-corrected chi connectivity index (χ3v) is 3.14. The maximum absolute atomic E-state index is 8.85. The lowest BCUT2D eigenvalue weighted by Crippen LogP contribution is -2.20. The second-order valence-electron chi connectivity index (χ2n) is 3.15. The van der Waals surface area contributed by atoms with E-state index in [9.17, 15) is 0 Å². The Morgan fingerprint density at radius 3 is 3.00 bits per heavy atom. The van der Waals surface area contributed by atoms with Crippen LogP contribution in [0.3, 0.4) is 0 Å². The smallest absolute Gasteiger partial charge is 0.119 e. The predicted octanol–water partition coefficient (Wildman–Crippen LogP) is 1.72. The Morgan fingerprint density at radius 2 is 2.21 bits per heavy atom. The van der Waals surface area contributed by atoms with E-state index in [2.05, 4.69) is 10.4 Å². The summed E-state index contributed by atoms with van der Waals surface area (Å²) in [5.74, 6) is 0. The molecule has 74 valence electrons. The maximum atomic E-state index is 8.85. The van der Waals surface area contributed by atoms with E-state index in [1.807, 2.05) is 30.1 Å². The molecule has 2 rings (SSSR count). The van der Waals surface area contributed by atoms with Crippen LogP contribution < -0.4 is 4.90 Å². The number of aliphatic hydroxyl groups excluding tert-OH is 1. The van der Waals surface area contributed by atoms with Crippen molar-refractivity contribution in [3.8, 4) is 0 Å². The van der Waals surface area contributed by atoms with Gasteiger partial charge in [0.05, 0.1) is 12.1 Å². The van der Waals surface area contributed by atoms with Crippen LogP contribution in [0.5, 0.6) is 0 Å². The molecule has 1 heterocycles. The molecule has 0 radical (unpaired) electrons. The van der Waals surface area contributed by atoms with Crippen molar-refractivity contribution in [2.45, 2.75) is 0 Å². The van der Waals surface area contributed by atoms with Crippen LogP contribution in [0.15, 0.2) is 24.3 Å². The van der Waals surface area contributed by atoms with E-state index in [-0.39, 0.29) is 6.61 Å². The predicted molar refractivity (Wildman–Crippen MR) is 60.0 cm³/mol. The minimum absolute atomic E-state index is 0.169. The fourth-order valence-corrected chi connectivity index (χ4v) is 2.25. The first-order valence-corrected chi connectivity index (χ1v) is 5.26. The molecule has 1 aromatic heterocycles. The molecule has 0 aliphatic rings. The standard InChI is InChI=1S/C10H12N2OS/c1-12(6-7-13)10-8-4-2-3-5-9(8)11-14-10/h2-5,13H,6-7H2,1H3. The molecule has 3 nitrogen and oxygen atoms in total. The van der Waals surface area contributed by atoms with E-state index in [1.54, 1.807) is 0 Å². The number of benzene rings is 1. The van der Waals surface area contributed by atoms with Gasteiger partial charge in [0.25, 0.3) is 0 Å². The Labute approximate surface area is 86.8 Å². The molecule has 0 spiro atoms. The lowest BCUT2D eigenvalue weighted by Gasteiger charge is -2.14. The maximum Gasteiger partial charge on any atom is 0.119 e. The molecular formula is C10H12N2OS. The zero-order valence-electron chi connectivity index (χ0n) is 7.97. The van der Waals surface area contributed by atoms with Crippen molar-refractivity contribution >= 4 is 27.4 Å². The van der Waals surface area contributed by atoms with Gasteiger partial charge in [0.15, 0.2) is 0 Å². The van der Waals surface area contributed by atoms with Crippen molar-refractivity contribution in [3.05, 3.63) is 24.3 Å². The summed E-state index contributed by atoms with van der Waals surface area (Å²) in [5.41, 5.74) is 1.03. The Kier molecular flexibility index (Phi) is 2.65. The molecule has 4 heteroatoms. The third kappa shape index (κ3) is 1.58. The summed E-state index contributed by atoms with van der Waals surface area (Å²) in [6.45, 7) is 0.814. The summed E-state index contributed by atoms with van der Waals surface area (Å²) in [5, 5.41) is 11.1. The number of fused-ring (bicyclic) bond motifs is 1. The highest BCUT2D eigenvalue weighted by Crippen LogP contribution is 2.29. The average molecular weight is 208 g/mol. The lowest BCUT2D eigenvalue weighted by molar-refractivity contribution is 0.304. The first-order chi connectivity index (χ1) is 6.83. The number of hydrogen-bond donors (Lipinski definition) is 1. The van der Waals surface area contributed by atoms with Gasteiger partial charge >= 0.3 is 0 Å². The van der Waals surface area contributed by atoms with Crippen molar-refractivity contribution < 1.29 is 5.11 Å². The number of aromatic nitrogens is 1. The Balaban J connectivity index is 2.42. The average Bonchev–Trinajstić information content (AvgIpc) is 2.61. The molecule has 0 saturated heterocycles. The van der Waals surface area contributed by atoms with Gasteiger partial charge in [-0.15, -0.1) is 0 Å². The molecule has 0 saturated carbocycles. The van der Waals surface area contributed by atoms with E-state index in [1.165, 1.54) is 11.5 Å². The van der Waals surface area contributed by atoms with Gasteiger partial charge in [-0.3, -0.25) is 0 Å². The SMILES string of the molecule is CN(CCO)c1snc2ccccc12. The number of nitrogens with zero attached hydrogens (tertiary/aromatic N) is 2. The fourth-order valence-electron chi connectivity index (χ4n) is 1.40. The molecule has 0 fully saturated rings. The lowest BCUT2D eigenvalue weighted by atomic mass is 10.2. The number of anilines is 1. The van der Waals surface area contributed by atoms with Crippen LogP contribution in [-0.4, -0.2) is 29.7 Å². The molecule has 1 N–H and O–H groups in total. The zero-order valence-corrected chi connectivity index (χ0v) is 8.79. The molecule has 0 bridgehead atoms. The van der Waals surface area contributed by atoms with Crippen molar-refractivity contribution in [2.75, 3.05) is 25.1 Å². The van der Waals surface area contributed by atoms with Crippen molar-refractivity contribution in [1.82, 2.24) is 4.37 Å². The zero-order chi connectivity index (χ0) is 9.97. The summed E-state index contributed by atoms with van der Waals surface area (Å²) in [6.07, 6.45) is 0. The van der Waals surface area contributed by atoms with Gasteiger partial charge in [-0.05, 0) is 23.7 Å². The largest absolute Gasteiger partial charge is 0.395 e. The van der Waals surface area contributed by atoms with Gasteiger partial charge < -0.3 is 10.0 Å². The van der Waals surface area contributed by atoms with Crippen molar-refractivity contribution in [1.29, 1.82) is 0 Å². The van der Waals surface area contributed by atoms with E-state index in [4.69, 9.17) is 5.11 Å². The molecule has 2 aromatic rings. The molecule has 0 amide bonds. The fraction of sp³-hybridized carbons (Fsp3) is 0.300. The Hall–Kier alpha value is -1.13. The highest BCUT2D eigenvalue weighted by molar-refractivity contribution is 7.11. The molecule has 0 aliphatic carbocycles. The first-order valence-electron chi connectivity index (χ1n) is 4.49. The number of rotatable bonds is 3. The number of hydrogen-bond acceptors (Lipinski definition) is 4. The summed E-state index contributed by atoms with van der Waals surface area (Å²) in [7, 11) is 1.97. The first kappa shape index (κ1) is 9.43. The van der Waals surface area contributed by atoms with Crippen LogP contribution in [-0.2, 0) is 0 Å². The summed E-state index contributed by atoms with van der Waals surface area (Å²) < 4.78 is 4.34. The van der Waals surface area contributed by atoms with E-state index in [0.29, 0.717) is 6.54 Å². The highest BCUT2D eigenvalue weighted by atomic mass is 32.1. The van der Waals surface area contributed by atoms with Crippen molar-refractivity contribution in [2.24, 2.45) is 0 Å². The van der Waals surface area contributed by atoms with E-state index >= 15 is 0 Å². The van der Waals surface area contributed by atoms with Crippen LogP contribution in [0.2, 0.25) is 0 Å². The van der Waals surface area contributed by atoms with Gasteiger partial charge in [-0.1, -0.05) is 12.1 Å². The molecular weight excluding hydrogens is 196 g/mol. The summed E-state index contributed by atoms with van der Waals surface area (Å²) in [4.78, 5) is 2.03. The van der Waals surface area contributed by atoms with E-state index < -0.39 is 0 Å². The normalized spacial score (nSPS) is 10.7. The molecule has 0 unspecified atom stereocenters. The third-order valence-electron chi connectivity index (χ3n) is 2.15. The van der Waals surface area contributed by atoms with Gasteiger partial charge in [0.2, 0.25) is 0 Å². The van der Waals surface area contributed by atoms with Gasteiger partial charge in [-0.25, -0.2) is 0 Å². The minimum Gasteiger partial charge on any atom is -0.395 e. The monoisotopic (exact) mass is 208 g/mol. The number of likely N-dealkylation sites (N-methyl/N-ethyl adjacent to an activating group) is 1. The molecule has 0 aliphatic heterocycles.